The number of furan rings is 1. The number of para-hydroxylation sites is 1. The molecular formula is C17H22IN5O2. The van der Waals surface area contributed by atoms with E-state index in [2.05, 4.69) is 38.8 Å². The minimum absolute atomic E-state index is 0. The number of aliphatic imine (C=N–C) groups is 1. The molecule has 0 saturated heterocycles. The first-order chi connectivity index (χ1) is 11.7. The molecule has 0 atom stereocenters. The predicted octanol–water partition coefficient (Wildman–Crippen LogP) is 2.96. The number of rotatable bonds is 5. The molecule has 0 bridgehead atoms. The number of aromatic nitrogens is 2. The van der Waals surface area contributed by atoms with Crippen molar-refractivity contribution in [3.05, 3.63) is 47.3 Å². The summed E-state index contributed by atoms with van der Waals surface area (Å²) in [5, 5.41) is 11.4. The fourth-order valence-corrected chi connectivity index (χ4v) is 2.51. The first-order valence-corrected chi connectivity index (χ1v) is 7.88. The average molecular weight is 455 g/mol. The SMILES string of the molecule is CN=C(NCCc1nc(C)no1)NCc1oc2ccccc2c1C.I. The lowest BCUT2D eigenvalue weighted by Crippen LogP contribution is -2.37. The number of fused-ring (bicyclic) bond motifs is 1. The first-order valence-electron chi connectivity index (χ1n) is 7.88. The van der Waals surface area contributed by atoms with Crippen LogP contribution < -0.4 is 10.6 Å². The lowest BCUT2D eigenvalue weighted by atomic mass is 10.1. The summed E-state index contributed by atoms with van der Waals surface area (Å²) < 4.78 is 11.0. The van der Waals surface area contributed by atoms with E-state index in [9.17, 15) is 0 Å². The molecule has 0 spiro atoms. The summed E-state index contributed by atoms with van der Waals surface area (Å²) in [5.74, 6) is 2.87. The molecule has 0 fully saturated rings. The van der Waals surface area contributed by atoms with Crippen LogP contribution >= 0.6 is 24.0 Å². The fourth-order valence-electron chi connectivity index (χ4n) is 2.51. The second kappa shape index (κ2) is 8.84. The molecule has 3 aromatic rings. The molecule has 134 valence electrons. The quantitative estimate of drug-likeness (QED) is 0.350. The van der Waals surface area contributed by atoms with Crippen molar-refractivity contribution in [3.63, 3.8) is 0 Å². The molecule has 8 heteroatoms. The van der Waals surface area contributed by atoms with Gasteiger partial charge >= 0.3 is 0 Å². The third-order valence-corrected chi connectivity index (χ3v) is 3.78. The molecule has 0 unspecified atom stereocenters. The smallest absolute Gasteiger partial charge is 0.228 e. The van der Waals surface area contributed by atoms with Crippen LogP contribution in [0.1, 0.15) is 23.0 Å². The highest BCUT2D eigenvalue weighted by Gasteiger charge is 2.10. The molecule has 0 aliphatic heterocycles. The molecule has 2 heterocycles. The van der Waals surface area contributed by atoms with Crippen molar-refractivity contribution < 1.29 is 8.94 Å². The van der Waals surface area contributed by atoms with Crippen molar-refractivity contribution in [2.24, 2.45) is 4.99 Å². The van der Waals surface area contributed by atoms with Gasteiger partial charge in [-0.3, -0.25) is 4.99 Å². The Bertz CT molecular complexity index is 856. The second-order valence-corrected chi connectivity index (χ2v) is 5.48. The Hall–Kier alpha value is -2.10. The third-order valence-electron chi connectivity index (χ3n) is 3.78. The van der Waals surface area contributed by atoms with Crippen LogP contribution in [0.3, 0.4) is 0 Å². The molecule has 2 N–H and O–H groups in total. The topological polar surface area (TPSA) is 88.5 Å². The largest absolute Gasteiger partial charge is 0.459 e. The molecular weight excluding hydrogens is 433 g/mol. The predicted molar refractivity (Wildman–Crippen MR) is 107 cm³/mol. The second-order valence-electron chi connectivity index (χ2n) is 5.48. The van der Waals surface area contributed by atoms with Gasteiger partial charge in [-0.25, -0.2) is 0 Å². The van der Waals surface area contributed by atoms with Gasteiger partial charge in [0.1, 0.15) is 11.3 Å². The van der Waals surface area contributed by atoms with Gasteiger partial charge in [-0.1, -0.05) is 23.4 Å². The van der Waals surface area contributed by atoms with Crippen molar-refractivity contribution in [1.29, 1.82) is 0 Å². The number of guanidine groups is 1. The van der Waals surface area contributed by atoms with Crippen LogP contribution in [-0.4, -0.2) is 29.7 Å². The van der Waals surface area contributed by atoms with Crippen molar-refractivity contribution in [3.8, 4) is 0 Å². The highest BCUT2D eigenvalue weighted by atomic mass is 127. The van der Waals surface area contributed by atoms with Gasteiger partial charge in [0.2, 0.25) is 5.89 Å². The maximum atomic E-state index is 5.89. The summed E-state index contributed by atoms with van der Waals surface area (Å²) in [7, 11) is 1.73. The van der Waals surface area contributed by atoms with E-state index in [0.717, 1.165) is 22.3 Å². The molecule has 25 heavy (non-hydrogen) atoms. The summed E-state index contributed by atoms with van der Waals surface area (Å²) in [6.07, 6.45) is 0.644. The zero-order valence-corrected chi connectivity index (χ0v) is 16.8. The van der Waals surface area contributed by atoms with E-state index in [-0.39, 0.29) is 24.0 Å². The highest BCUT2D eigenvalue weighted by molar-refractivity contribution is 14.0. The Kier molecular flexibility index (Phi) is 6.80. The van der Waals surface area contributed by atoms with Gasteiger partial charge in [-0.15, -0.1) is 24.0 Å². The van der Waals surface area contributed by atoms with Gasteiger partial charge < -0.3 is 19.6 Å². The number of halogens is 1. The van der Waals surface area contributed by atoms with Gasteiger partial charge in [-0.05, 0) is 19.9 Å². The summed E-state index contributed by atoms with van der Waals surface area (Å²) in [4.78, 5) is 8.38. The molecule has 0 amide bonds. The minimum Gasteiger partial charge on any atom is -0.459 e. The summed E-state index contributed by atoms with van der Waals surface area (Å²) >= 11 is 0. The summed E-state index contributed by atoms with van der Waals surface area (Å²) in [6.45, 7) is 5.09. The van der Waals surface area contributed by atoms with E-state index < -0.39 is 0 Å². The molecule has 0 aliphatic rings. The van der Waals surface area contributed by atoms with Crippen molar-refractivity contribution >= 4 is 40.9 Å². The summed E-state index contributed by atoms with van der Waals surface area (Å²) in [5.41, 5.74) is 2.05. The van der Waals surface area contributed by atoms with Crippen LogP contribution in [0.2, 0.25) is 0 Å². The van der Waals surface area contributed by atoms with Crippen LogP contribution in [0, 0.1) is 13.8 Å². The number of hydrogen-bond donors (Lipinski definition) is 2. The Balaban J connectivity index is 0.00000225. The van der Waals surface area contributed by atoms with E-state index in [1.54, 1.807) is 14.0 Å². The fraction of sp³-hybridized carbons (Fsp3) is 0.353. The lowest BCUT2D eigenvalue weighted by Gasteiger charge is -2.10. The number of benzene rings is 1. The van der Waals surface area contributed by atoms with Gasteiger partial charge in [0.25, 0.3) is 0 Å². The van der Waals surface area contributed by atoms with Crippen molar-refractivity contribution in [2.75, 3.05) is 13.6 Å². The number of nitrogens with one attached hydrogen (secondary N) is 2. The highest BCUT2D eigenvalue weighted by Crippen LogP contribution is 2.24. The van der Waals surface area contributed by atoms with E-state index in [0.29, 0.717) is 37.2 Å². The molecule has 1 aromatic carbocycles. The number of aryl methyl sites for hydroxylation is 2. The average Bonchev–Trinajstić information content (AvgIpc) is 3.15. The minimum atomic E-state index is 0. The lowest BCUT2D eigenvalue weighted by molar-refractivity contribution is 0.374. The first kappa shape index (κ1) is 19.2. The van der Waals surface area contributed by atoms with Crippen LogP contribution in [0.4, 0.5) is 0 Å². The Morgan fingerprint density at radius 1 is 1.20 bits per heavy atom. The normalized spacial score (nSPS) is 11.4. The molecule has 2 aromatic heterocycles. The monoisotopic (exact) mass is 455 g/mol. The maximum absolute atomic E-state index is 5.89. The standard InChI is InChI=1S/C17H21N5O2.HI/c1-11-13-6-4-5-7-14(13)23-15(11)10-20-17(18-3)19-9-8-16-21-12(2)22-24-16;/h4-7H,8-10H2,1-3H3,(H2,18,19,20);1H. The van der Waals surface area contributed by atoms with Crippen LogP contribution in [0.15, 0.2) is 38.2 Å². The zero-order chi connectivity index (χ0) is 16.9. The van der Waals surface area contributed by atoms with Gasteiger partial charge in [0.15, 0.2) is 11.8 Å². The van der Waals surface area contributed by atoms with E-state index >= 15 is 0 Å². The number of nitrogens with zero attached hydrogens (tertiary/aromatic N) is 3. The third kappa shape index (κ3) is 4.71. The van der Waals surface area contributed by atoms with E-state index in [1.165, 1.54) is 0 Å². The van der Waals surface area contributed by atoms with Crippen LogP contribution in [-0.2, 0) is 13.0 Å². The summed E-state index contributed by atoms with van der Waals surface area (Å²) in [6, 6.07) is 8.03. The van der Waals surface area contributed by atoms with Gasteiger partial charge in [0.05, 0.1) is 6.54 Å². The van der Waals surface area contributed by atoms with Crippen LogP contribution in [0.25, 0.3) is 11.0 Å². The Morgan fingerprint density at radius 3 is 2.68 bits per heavy atom. The molecule has 0 saturated carbocycles. The van der Waals surface area contributed by atoms with Crippen molar-refractivity contribution in [1.82, 2.24) is 20.8 Å². The maximum Gasteiger partial charge on any atom is 0.228 e. The van der Waals surface area contributed by atoms with Gasteiger partial charge in [0, 0.05) is 31.0 Å². The zero-order valence-electron chi connectivity index (χ0n) is 14.5. The molecule has 0 radical (unpaired) electrons. The van der Waals surface area contributed by atoms with E-state index in [4.69, 9.17) is 8.94 Å². The van der Waals surface area contributed by atoms with Crippen molar-refractivity contribution in [2.45, 2.75) is 26.8 Å². The molecule has 0 aliphatic carbocycles. The van der Waals surface area contributed by atoms with E-state index in [1.807, 2.05) is 18.2 Å². The van der Waals surface area contributed by atoms with Gasteiger partial charge in [-0.2, -0.15) is 4.98 Å². The molecule has 7 nitrogen and oxygen atoms in total. The Labute approximate surface area is 163 Å². The number of hydrogen-bond acceptors (Lipinski definition) is 5. The Morgan fingerprint density at radius 2 is 2.00 bits per heavy atom. The molecule has 3 rings (SSSR count). The van der Waals surface area contributed by atoms with Crippen LogP contribution in [0.5, 0.6) is 0 Å².